The Kier molecular flexibility index (Phi) is 7.48. The molecular weight excluding hydrogens is 446 g/mol. The number of ether oxygens (including phenoxy) is 1. The molecule has 0 fully saturated rings. The molecule has 1 N–H and O–H groups in total. The molecule has 1 aromatic heterocycles. The zero-order chi connectivity index (χ0) is 24.1. The van der Waals surface area contributed by atoms with Crippen molar-refractivity contribution in [3.8, 4) is 11.8 Å². The number of nitrogens with one attached hydrogen (secondary N) is 1. The van der Waals surface area contributed by atoms with Gasteiger partial charge in [0.25, 0.3) is 5.91 Å². The second kappa shape index (κ2) is 10.3. The predicted octanol–water partition coefficient (Wildman–Crippen LogP) is 3.24. The molecule has 170 valence electrons. The fourth-order valence-corrected chi connectivity index (χ4v) is 3.46. The van der Waals surface area contributed by atoms with Gasteiger partial charge in [-0.3, -0.25) is 14.4 Å². The smallest absolute Gasteiger partial charge is 0.287 e. The summed E-state index contributed by atoms with van der Waals surface area (Å²) in [6, 6.07) is 10.5. The van der Waals surface area contributed by atoms with Gasteiger partial charge < -0.3 is 19.4 Å². The summed E-state index contributed by atoms with van der Waals surface area (Å²) >= 11 is 6.03. The van der Waals surface area contributed by atoms with Crippen molar-refractivity contribution in [3.05, 3.63) is 74.1 Å². The summed E-state index contributed by atoms with van der Waals surface area (Å²) in [5, 5.41) is 12.4. The van der Waals surface area contributed by atoms with E-state index in [1.54, 1.807) is 0 Å². The van der Waals surface area contributed by atoms with Gasteiger partial charge in [-0.05, 0) is 63.5 Å². The molecule has 0 aliphatic rings. The third kappa shape index (κ3) is 5.22. The van der Waals surface area contributed by atoms with E-state index < -0.39 is 22.7 Å². The summed E-state index contributed by atoms with van der Waals surface area (Å²) in [6.45, 7) is 1.07. The number of benzene rings is 2. The standard InChI is InChI=1S/C24H22ClN3O5/c1-28(2)10-4-9-27-24(31)23-20(22(30)17-12-16(25)6-8-19(17)33-23)21(29)14-5-7-18(32-3)15(11-14)13-26/h5-8,11-12H,4,9-10H2,1-3H3,(H,27,31). The maximum Gasteiger partial charge on any atom is 0.287 e. The first-order chi connectivity index (χ1) is 15.8. The van der Waals surface area contributed by atoms with Crippen LogP contribution >= 0.6 is 11.6 Å². The second-order valence-electron chi connectivity index (χ2n) is 7.54. The lowest BCUT2D eigenvalue weighted by Crippen LogP contribution is -2.31. The molecular formula is C24H22ClN3O5. The second-order valence-corrected chi connectivity index (χ2v) is 7.98. The van der Waals surface area contributed by atoms with Crippen LogP contribution in [-0.4, -0.2) is 50.9 Å². The van der Waals surface area contributed by atoms with Crippen LogP contribution in [0.25, 0.3) is 11.0 Å². The SMILES string of the molecule is COc1ccc(C(=O)c2c(C(=O)NCCCN(C)C)oc3ccc(Cl)cc3c2=O)cc1C#N. The Morgan fingerprint density at radius 1 is 1.21 bits per heavy atom. The number of amides is 1. The maximum atomic E-state index is 13.4. The van der Waals surface area contributed by atoms with E-state index in [2.05, 4.69) is 5.32 Å². The number of fused-ring (bicyclic) bond motifs is 1. The average molecular weight is 468 g/mol. The van der Waals surface area contributed by atoms with Gasteiger partial charge in [0.2, 0.25) is 17.0 Å². The fourth-order valence-electron chi connectivity index (χ4n) is 3.29. The van der Waals surface area contributed by atoms with Gasteiger partial charge in [-0.25, -0.2) is 0 Å². The number of nitriles is 1. The van der Waals surface area contributed by atoms with Gasteiger partial charge in [-0.1, -0.05) is 11.6 Å². The van der Waals surface area contributed by atoms with Gasteiger partial charge in [0.15, 0.2) is 0 Å². The molecule has 0 spiro atoms. The third-order valence-corrected chi connectivity index (χ3v) is 5.17. The molecule has 0 radical (unpaired) electrons. The Morgan fingerprint density at radius 2 is 1.97 bits per heavy atom. The van der Waals surface area contributed by atoms with Crippen molar-refractivity contribution >= 4 is 34.3 Å². The van der Waals surface area contributed by atoms with Crippen LogP contribution in [0.1, 0.15) is 38.5 Å². The van der Waals surface area contributed by atoms with Gasteiger partial charge >= 0.3 is 0 Å². The summed E-state index contributed by atoms with van der Waals surface area (Å²) < 4.78 is 10.8. The number of halogens is 1. The van der Waals surface area contributed by atoms with E-state index in [0.29, 0.717) is 13.0 Å². The Hall–Kier alpha value is -3.67. The van der Waals surface area contributed by atoms with Crippen LogP contribution in [0.2, 0.25) is 5.02 Å². The molecule has 0 saturated heterocycles. The first kappa shape index (κ1) is 24.0. The van der Waals surface area contributed by atoms with E-state index in [0.717, 1.165) is 6.54 Å². The van der Waals surface area contributed by atoms with E-state index in [1.807, 2.05) is 25.1 Å². The van der Waals surface area contributed by atoms with Gasteiger partial charge in [-0.15, -0.1) is 0 Å². The van der Waals surface area contributed by atoms with Crippen LogP contribution in [0.5, 0.6) is 5.75 Å². The first-order valence-electron chi connectivity index (χ1n) is 10.1. The van der Waals surface area contributed by atoms with E-state index in [-0.39, 0.29) is 38.6 Å². The molecule has 0 bridgehead atoms. The highest BCUT2D eigenvalue weighted by Gasteiger charge is 2.27. The fraction of sp³-hybridized carbons (Fsp3) is 0.250. The lowest BCUT2D eigenvalue weighted by molar-refractivity contribution is 0.0912. The Morgan fingerprint density at radius 3 is 2.64 bits per heavy atom. The maximum absolute atomic E-state index is 13.4. The molecule has 0 saturated carbocycles. The number of methoxy groups -OCH3 is 1. The summed E-state index contributed by atoms with van der Waals surface area (Å²) in [5.41, 5.74) is -0.818. The van der Waals surface area contributed by atoms with Crippen molar-refractivity contribution in [2.45, 2.75) is 6.42 Å². The van der Waals surface area contributed by atoms with E-state index in [4.69, 9.17) is 20.8 Å². The summed E-state index contributed by atoms with van der Waals surface area (Å²) in [6.07, 6.45) is 0.666. The molecule has 0 atom stereocenters. The minimum atomic E-state index is -0.747. The molecule has 0 unspecified atom stereocenters. The van der Waals surface area contributed by atoms with Crippen molar-refractivity contribution in [2.24, 2.45) is 0 Å². The van der Waals surface area contributed by atoms with Gasteiger partial charge in [0.05, 0.1) is 18.1 Å². The monoisotopic (exact) mass is 467 g/mol. The normalized spacial score (nSPS) is 10.8. The predicted molar refractivity (Wildman–Crippen MR) is 124 cm³/mol. The zero-order valence-electron chi connectivity index (χ0n) is 18.4. The van der Waals surface area contributed by atoms with E-state index in [9.17, 15) is 19.6 Å². The summed E-state index contributed by atoms with van der Waals surface area (Å²) in [7, 11) is 5.23. The van der Waals surface area contributed by atoms with Crippen LogP contribution in [0.15, 0.2) is 45.6 Å². The largest absolute Gasteiger partial charge is 0.495 e. The minimum Gasteiger partial charge on any atom is -0.495 e. The Labute approximate surface area is 195 Å². The summed E-state index contributed by atoms with van der Waals surface area (Å²) in [5.74, 6) is -1.53. The number of hydrogen-bond donors (Lipinski definition) is 1. The quantitative estimate of drug-likeness (QED) is 0.399. The number of rotatable bonds is 8. The molecule has 2 aromatic carbocycles. The molecule has 1 amide bonds. The van der Waals surface area contributed by atoms with Crippen molar-refractivity contribution < 1.29 is 18.7 Å². The number of nitrogens with zero attached hydrogens (tertiary/aromatic N) is 2. The van der Waals surface area contributed by atoms with E-state index in [1.165, 1.54) is 43.5 Å². The Balaban J connectivity index is 2.12. The molecule has 1 heterocycles. The highest BCUT2D eigenvalue weighted by Crippen LogP contribution is 2.24. The number of carbonyl (C=O) groups excluding carboxylic acids is 2. The third-order valence-electron chi connectivity index (χ3n) is 4.94. The average Bonchev–Trinajstić information content (AvgIpc) is 2.80. The van der Waals surface area contributed by atoms with Gasteiger partial charge in [0, 0.05) is 17.1 Å². The van der Waals surface area contributed by atoms with Crippen LogP contribution < -0.4 is 15.5 Å². The molecule has 9 heteroatoms. The molecule has 0 aliphatic heterocycles. The highest BCUT2D eigenvalue weighted by atomic mass is 35.5. The topological polar surface area (TPSA) is 113 Å². The van der Waals surface area contributed by atoms with Crippen molar-refractivity contribution in [1.82, 2.24) is 10.2 Å². The van der Waals surface area contributed by atoms with Gasteiger partial charge in [-0.2, -0.15) is 5.26 Å². The van der Waals surface area contributed by atoms with Crippen LogP contribution in [0, 0.1) is 11.3 Å². The molecule has 0 aliphatic carbocycles. The van der Waals surface area contributed by atoms with Crippen LogP contribution in [0.3, 0.4) is 0 Å². The molecule has 3 rings (SSSR count). The van der Waals surface area contributed by atoms with Crippen LogP contribution in [-0.2, 0) is 0 Å². The van der Waals surface area contributed by atoms with Crippen molar-refractivity contribution in [3.63, 3.8) is 0 Å². The highest BCUT2D eigenvalue weighted by molar-refractivity contribution is 6.31. The van der Waals surface area contributed by atoms with Gasteiger partial charge in [0.1, 0.15) is 23.0 Å². The van der Waals surface area contributed by atoms with E-state index >= 15 is 0 Å². The number of hydrogen-bond acceptors (Lipinski definition) is 7. The number of carbonyl (C=O) groups is 2. The zero-order valence-corrected chi connectivity index (χ0v) is 19.2. The number of ketones is 1. The molecule has 8 nitrogen and oxygen atoms in total. The van der Waals surface area contributed by atoms with Crippen LogP contribution in [0.4, 0.5) is 0 Å². The lowest BCUT2D eigenvalue weighted by Gasteiger charge is -2.12. The van der Waals surface area contributed by atoms with Crippen molar-refractivity contribution in [1.29, 1.82) is 5.26 Å². The Bertz CT molecular complexity index is 1320. The lowest BCUT2D eigenvalue weighted by atomic mass is 9.98. The van der Waals surface area contributed by atoms with Crippen molar-refractivity contribution in [2.75, 3.05) is 34.3 Å². The first-order valence-corrected chi connectivity index (χ1v) is 10.5. The summed E-state index contributed by atoms with van der Waals surface area (Å²) in [4.78, 5) is 41.6. The molecule has 3 aromatic rings. The minimum absolute atomic E-state index is 0.0442. The molecule has 33 heavy (non-hydrogen) atoms.